The Balaban J connectivity index is 1.85. The molecular formula is C23H24N2O5. The van der Waals surface area contributed by atoms with E-state index in [-0.39, 0.29) is 12.6 Å². The Hall–Kier alpha value is -3.61. The van der Waals surface area contributed by atoms with E-state index >= 15 is 0 Å². The summed E-state index contributed by atoms with van der Waals surface area (Å²) in [5, 5.41) is 5.50. The molecule has 1 aliphatic rings. The van der Waals surface area contributed by atoms with Gasteiger partial charge in [0, 0.05) is 5.70 Å². The van der Waals surface area contributed by atoms with Gasteiger partial charge in [-0.2, -0.15) is 0 Å². The second-order valence-electron chi connectivity index (χ2n) is 6.72. The van der Waals surface area contributed by atoms with E-state index in [0.29, 0.717) is 34.6 Å². The molecule has 3 rings (SSSR count). The Morgan fingerprint density at radius 2 is 1.67 bits per heavy atom. The zero-order valence-electron chi connectivity index (χ0n) is 16.9. The number of urea groups is 1. The molecular weight excluding hydrogens is 384 g/mol. The SMILES string of the molecule is CCCC1=C(C(=O)OCC)C(c2ccc(OC(=O)c3ccccc3)cc2)NC(=O)N1. The molecule has 1 atom stereocenters. The molecule has 7 nitrogen and oxygen atoms in total. The molecule has 2 amide bonds. The van der Waals surface area contributed by atoms with Crippen LogP contribution in [-0.2, 0) is 9.53 Å². The Morgan fingerprint density at radius 3 is 2.30 bits per heavy atom. The van der Waals surface area contributed by atoms with Gasteiger partial charge in [0.15, 0.2) is 0 Å². The number of nitrogens with one attached hydrogen (secondary N) is 2. The van der Waals surface area contributed by atoms with E-state index in [4.69, 9.17) is 9.47 Å². The molecule has 0 radical (unpaired) electrons. The van der Waals surface area contributed by atoms with Gasteiger partial charge in [-0.05, 0) is 43.2 Å². The van der Waals surface area contributed by atoms with E-state index in [2.05, 4.69) is 10.6 Å². The molecule has 0 spiro atoms. The van der Waals surface area contributed by atoms with Gasteiger partial charge in [-0.3, -0.25) is 0 Å². The third kappa shape index (κ3) is 4.86. The summed E-state index contributed by atoms with van der Waals surface area (Å²) in [5.74, 6) is -0.572. The molecule has 7 heteroatoms. The molecule has 1 aliphatic heterocycles. The number of allylic oxidation sites excluding steroid dienone is 1. The number of hydrogen-bond acceptors (Lipinski definition) is 5. The van der Waals surface area contributed by atoms with Gasteiger partial charge in [-0.1, -0.05) is 43.7 Å². The molecule has 0 aromatic heterocycles. The fourth-order valence-corrected chi connectivity index (χ4v) is 3.23. The lowest BCUT2D eigenvalue weighted by Crippen LogP contribution is -2.46. The lowest BCUT2D eigenvalue weighted by atomic mass is 9.94. The predicted octanol–water partition coefficient (Wildman–Crippen LogP) is 3.88. The fraction of sp³-hybridized carbons (Fsp3) is 0.261. The summed E-state index contributed by atoms with van der Waals surface area (Å²) in [4.78, 5) is 37.0. The van der Waals surface area contributed by atoms with Crippen molar-refractivity contribution in [2.75, 3.05) is 6.61 Å². The van der Waals surface area contributed by atoms with Gasteiger partial charge in [-0.25, -0.2) is 14.4 Å². The third-order valence-corrected chi connectivity index (χ3v) is 4.58. The van der Waals surface area contributed by atoms with Gasteiger partial charge in [-0.15, -0.1) is 0 Å². The number of ether oxygens (including phenoxy) is 2. The summed E-state index contributed by atoms with van der Waals surface area (Å²) in [6.45, 7) is 3.93. The van der Waals surface area contributed by atoms with Gasteiger partial charge in [0.2, 0.25) is 0 Å². The van der Waals surface area contributed by atoms with Crippen molar-refractivity contribution in [3.8, 4) is 5.75 Å². The van der Waals surface area contributed by atoms with E-state index in [1.807, 2.05) is 13.0 Å². The maximum absolute atomic E-state index is 12.6. The highest BCUT2D eigenvalue weighted by molar-refractivity contribution is 5.95. The van der Waals surface area contributed by atoms with Crippen molar-refractivity contribution in [3.05, 3.63) is 77.0 Å². The van der Waals surface area contributed by atoms with Crippen molar-refractivity contribution in [1.29, 1.82) is 0 Å². The second kappa shape index (κ2) is 9.73. The highest BCUT2D eigenvalue weighted by Gasteiger charge is 2.33. The van der Waals surface area contributed by atoms with Crippen LogP contribution in [0.15, 0.2) is 65.9 Å². The van der Waals surface area contributed by atoms with Crippen LogP contribution in [0.4, 0.5) is 4.79 Å². The lowest BCUT2D eigenvalue weighted by Gasteiger charge is -2.29. The third-order valence-electron chi connectivity index (χ3n) is 4.58. The van der Waals surface area contributed by atoms with Crippen LogP contribution in [0, 0.1) is 0 Å². The second-order valence-corrected chi connectivity index (χ2v) is 6.72. The minimum Gasteiger partial charge on any atom is -0.463 e. The standard InChI is InChI=1S/C23H24N2O5/c1-3-8-18-19(22(27)29-4-2)20(25-23(28)24-18)15-11-13-17(14-12-15)30-21(26)16-9-6-5-7-10-16/h5-7,9-14,20H,3-4,8H2,1-2H3,(H2,24,25,28). The van der Waals surface area contributed by atoms with Crippen LogP contribution in [0.3, 0.4) is 0 Å². The van der Waals surface area contributed by atoms with E-state index in [1.165, 1.54) is 0 Å². The first-order chi connectivity index (χ1) is 14.5. The molecule has 0 fully saturated rings. The Morgan fingerprint density at radius 1 is 0.967 bits per heavy atom. The number of carbonyl (C=O) groups excluding carboxylic acids is 3. The van der Waals surface area contributed by atoms with Crippen LogP contribution in [0.1, 0.15) is 48.7 Å². The smallest absolute Gasteiger partial charge is 0.343 e. The zero-order chi connectivity index (χ0) is 21.5. The molecule has 0 saturated heterocycles. The molecule has 2 aromatic carbocycles. The van der Waals surface area contributed by atoms with Crippen LogP contribution in [0.2, 0.25) is 0 Å². The van der Waals surface area contributed by atoms with Crippen molar-refractivity contribution in [3.63, 3.8) is 0 Å². The number of rotatable bonds is 7. The number of hydrogen-bond donors (Lipinski definition) is 2. The molecule has 0 aliphatic carbocycles. The Labute approximate surface area is 175 Å². The first-order valence-corrected chi connectivity index (χ1v) is 9.88. The summed E-state index contributed by atoms with van der Waals surface area (Å²) < 4.78 is 10.6. The largest absolute Gasteiger partial charge is 0.463 e. The molecule has 1 heterocycles. The highest BCUT2D eigenvalue weighted by Crippen LogP contribution is 2.30. The number of carbonyl (C=O) groups is 3. The maximum atomic E-state index is 12.6. The van der Waals surface area contributed by atoms with Crippen LogP contribution in [0.5, 0.6) is 5.75 Å². The summed E-state index contributed by atoms with van der Waals surface area (Å²) >= 11 is 0. The average molecular weight is 408 g/mol. The summed E-state index contributed by atoms with van der Waals surface area (Å²) in [7, 11) is 0. The topological polar surface area (TPSA) is 93.7 Å². The quantitative estimate of drug-likeness (QED) is 0.536. The number of amides is 2. The first-order valence-electron chi connectivity index (χ1n) is 9.88. The van der Waals surface area contributed by atoms with Crippen molar-refractivity contribution in [2.45, 2.75) is 32.7 Å². The molecule has 2 aromatic rings. The normalized spacial score (nSPS) is 15.8. The van der Waals surface area contributed by atoms with Gasteiger partial charge < -0.3 is 20.1 Å². The van der Waals surface area contributed by atoms with E-state index < -0.39 is 18.0 Å². The van der Waals surface area contributed by atoms with Crippen LogP contribution >= 0.6 is 0 Å². The van der Waals surface area contributed by atoms with Gasteiger partial charge in [0.25, 0.3) is 0 Å². The van der Waals surface area contributed by atoms with Gasteiger partial charge in [0.1, 0.15) is 5.75 Å². The highest BCUT2D eigenvalue weighted by atomic mass is 16.5. The molecule has 30 heavy (non-hydrogen) atoms. The number of benzene rings is 2. The van der Waals surface area contributed by atoms with Gasteiger partial charge >= 0.3 is 18.0 Å². The Bertz CT molecular complexity index is 951. The molecule has 2 N–H and O–H groups in total. The van der Waals surface area contributed by atoms with Crippen LogP contribution < -0.4 is 15.4 Å². The van der Waals surface area contributed by atoms with Gasteiger partial charge in [0.05, 0.1) is 23.8 Å². The molecule has 0 bridgehead atoms. The monoisotopic (exact) mass is 408 g/mol. The molecule has 156 valence electrons. The summed E-state index contributed by atoms with van der Waals surface area (Å²) in [5.41, 5.74) is 2.07. The zero-order valence-corrected chi connectivity index (χ0v) is 16.9. The van der Waals surface area contributed by atoms with Crippen molar-refractivity contribution < 1.29 is 23.9 Å². The van der Waals surface area contributed by atoms with Crippen molar-refractivity contribution in [1.82, 2.24) is 10.6 Å². The van der Waals surface area contributed by atoms with E-state index in [0.717, 1.165) is 6.42 Å². The lowest BCUT2D eigenvalue weighted by molar-refractivity contribution is -0.139. The molecule has 1 unspecified atom stereocenters. The fourth-order valence-electron chi connectivity index (χ4n) is 3.23. The summed E-state index contributed by atoms with van der Waals surface area (Å²) in [6, 6.07) is 14.3. The Kier molecular flexibility index (Phi) is 6.85. The predicted molar refractivity (Wildman–Crippen MR) is 111 cm³/mol. The van der Waals surface area contributed by atoms with E-state index in [1.54, 1.807) is 55.5 Å². The minimum absolute atomic E-state index is 0.233. The van der Waals surface area contributed by atoms with Crippen molar-refractivity contribution in [2.24, 2.45) is 0 Å². The first kappa shape index (κ1) is 21.1. The van der Waals surface area contributed by atoms with E-state index in [9.17, 15) is 14.4 Å². The van der Waals surface area contributed by atoms with Crippen LogP contribution in [0.25, 0.3) is 0 Å². The maximum Gasteiger partial charge on any atom is 0.343 e. The molecule has 0 saturated carbocycles. The van der Waals surface area contributed by atoms with Crippen molar-refractivity contribution >= 4 is 18.0 Å². The van der Waals surface area contributed by atoms with Crippen LogP contribution in [-0.4, -0.2) is 24.6 Å². The number of esters is 2. The minimum atomic E-state index is -0.654. The average Bonchev–Trinajstić information content (AvgIpc) is 2.75. The summed E-state index contributed by atoms with van der Waals surface area (Å²) in [6.07, 6.45) is 1.31.